The molecule has 0 bridgehead atoms. The number of fused-ring (bicyclic) bond motifs is 1. The van der Waals surface area contributed by atoms with E-state index in [0.717, 1.165) is 22.0 Å². The minimum Gasteiger partial charge on any atom is -0.361 e. The number of carbonyl (C=O) groups is 2. The number of imide groups is 1. The molecule has 2 heterocycles. The fourth-order valence-electron chi connectivity index (χ4n) is 3.10. The van der Waals surface area contributed by atoms with E-state index in [2.05, 4.69) is 4.98 Å². The molecule has 4 rings (SSSR count). The molecule has 2 aromatic carbocycles. The van der Waals surface area contributed by atoms with Crippen LogP contribution in [0.3, 0.4) is 0 Å². The molecular formula is C21H16N2O2. The molecule has 0 saturated heterocycles. The molecule has 122 valence electrons. The molecule has 0 saturated carbocycles. The number of amides is 2. The van der Waals surface area contributed by atoms with Crippen LogP contribution < -0.4 is 0 Å². The quantitative estimate of drug-likeness (QED) is 0.746. The number of H-pyrrole nitrogens is 1. The highest BCUT2D eigenvalue weighted by atomic mass is 16.2. The summed E-state index contributed by atoms with van der Waals surface area (Å²) in [5, 5.41) is 0.930. The molecule has 3 aromatic rings. The molecular weight excluding hydrogens is 312 g/mol. The van der Waals surface area contributed by atoms with Crippen LogP contribution in [0.2, 0.25) is 0 Å². The zero-order valence-corrected chi connectivity index (χ0v) is 13.7. The van der Waals surface area contributed by atoms with Crippen molar-refractivity contribution in [2.24, 2.45) is 0 Å². The molecule has 4 heteroatoms. The number of para-hydroxylation sites is 1. The third kappa shape index (κ3) is 2.48. The number of nitrogens with one attached hydrogen (secondary N) is 1. The summed E-state index contributed by atoms with van der Waals surface area (Å²) in [4.78, 5) is 29.6. The largest absolute Gasteiger partial charge is 0.361 e. The van der Waals surface area contributed by atoms with Crippen LogP contribution in [0.4, 0.5) is 0 Å². The van der Waals surface area contributed by atoms with Crippen LogP contribution in [-0.2, 0) is 9.59 Å². The van der Waals surface area contributed by atoms with E-state index in [0.29, 0.717) is 11.1 Å². The number of aromatic amines is 1. The fourth-order valence-corrected chi connectivity index (χ4v) is 3.10. The summed E-state index contributed by atoms with van der Waals surface area (Å²) in [7, 11) is 1.52. The number of aromatic nitrogens is 1. The van der Waals surface area contributed by atoms with Crippen molar-refractivity contribution in [3.05, 3.63) is 83.6 Å². The van der Waals surface area contributed by atoms with Gasteiger partial charge in [-0.2, -0.15) is 0 Å². The Bertz CT molecular complexity index is 1040. The van der Waals surface area contributed by atoms with Crippen LogP contribution in [0.25, 0.3) is 22.6 Å². The second-order valence-corrected chi connectivity index (χ2v) is 5.95. The van der Waals surface area contributed by atoms with Gasteiger partial charge in [0.05, 0.1) is 11.1 Å². The third-order valence-corrected chi connectivity index (χ3v) is 4.42. The van der Waals surface area contributed by atoms with Crippen LogP contribution >= 0.6 is 0 Å². The van der Waals surface area contributed by atoms with Gasteiger partial charge in [-0.15, -0.1) is 0 Å². The molecule has 0 radical (unpaired) electrons. The van der Waals surface area contributed by atoms with Crippen LogP contribution in [0.5, 0.6) is 0 Å². The van der Waals surface area contributed by atoms with Gasteiger partial charge < -0.3 is 4.98 Å². The molecule has 1 aromatic heterocycles. The van der Waals surface area contributed by atoms with Crippen LogP contribution in [0, 0.1) is 0 Å². The van der Waals surface area contributed by atoms with E-state index < -0.39 is 0 Å². The smallest absolute Gasteiger partial charge is 0.261 e. The predicted molar refractivity (Wildman–Crippen MR) is 98.5 cm³/mol. The first-order valence-electron chi connectivity index (χ1n) is 8.03. The molecule has 0 aliphatic carbocycles. The van der Waals surface area contributed by atoms with Crippen molar-refractivity contribution in [1.29, 1.82) is 0 Å². The van der Waals surface area contributed by atoms with Gasteiger partial charge in [0.1, 0.15) is 0 Å². The SMILES string of the molecule is CN1C(=O)C(/C=C/c2ccccc2)=C(c2c[nH]c3ccccc23)C1=O. The van der Waals surface area contributed by atoms with Crippen molar-refractivity contribution in [1.82, 2.24) is 9.88 Å². The van der Waals surface area contributed by atoms with Gasteiger partial charge in [-0.25, -0.2) is 0 Å². The van der Waals surface area contributed by atoms with E-state index in [-0.39, 0.29) is 11.8 Å². The summed E-state index contributed by atoms with van der Waals surface area (Å²) < 4.78 is 0. The standard InChI is InChI=1S/C21H16N2O2/c1-23-20(24)16(12-11-14-7-3-2-4-8-14)19(21(23)25)17-13-22-18-10-6-5-9-15(17)18/h2-13,22H,1H3/b12-11+. The summed E-state index contributed by atoms with van der Waals surface area (Å²) in [6, 6.07) is 17.5. The van der Waals surface area contributed by atoms with E-state index in [1.165, 1.54) is 11.9 Å². The summed E-state index contributed by atoms with van der Waals surface area (Å²) in [5.41, 5.74) is 3.53. The van der Waals surface area contributed by atoms with Gasteiger partial charge in [0, 0.05) is 29.7 Å². The van der Waals surface area contributed by atoms with Gasteiger partial charge in [0.2, 0.25) is 0 Å². The number of benzene rings is 2. The van der Waals surface area contributed by atoms with Gasteiger partial charge >= 0.3 is 0 Å². The number of likely N-dealkylation sites (N-methyl/N-ethyl adjacent to an activating group) is 1. The van der Waals surface area contributed by atoms with E-state index in [1.807, 2.05) is 60.7 Å². The van der Waals surface area contributed by atoms with Crippen molar-refractivity contribution in [2.75, 3.05) is 7.05 Å². The zero-order chi connectivity index (χ0) is 17.4. The maximum absolute atomic E-state index is 12.7. The Kier molecular flexibility index (Phi) is 3.58. The Morgan fingerprint density at radius 3 is 2.40 bits per heavy atom. The van der Waals surface area contributed by atoms with Crippen LogP contribution in [-0.4, -0.2) is 28.7 Å². The van der Waals surface area contributed by atoms with E-state index >= 15 is 0 Å². The molecule has 0 spiro atoms. The number of hydrogen-bond acceptors (Lipinski definition) is 2. The normalized spacial score (nSPS) is 15.2. The number of nitrogens with zero attached hydrogens (tertiary/aromatic N) is 1. The first-order valence-corrected chi connectivity index (χ1v) is 8.03. The predicted octanol–water partition coefficient (Wildman–Crippen LogP) is 3.63. The molecule has 2 amide bonds. The van der Waals surface area contributed by atoms with Crippen molar-refractivity contribution in [3.8, 4) is 0 Å². The Morgan fingerprint density at radius 1 is 0.880 bits per heavy atom. The highest BCUT2D eigenvalue weighted by Gasteiger charge is 2.36. The first kappa shape index (κ1) is 15.1. The Balaban J connectivity index is 1.88. The van der Waals surface area contributed by atoms with Crippen molar-refractivity contribution in [3.63, 3.8) is 0 Å². The molecule has 1 aliphatic heterocycles. The summed E-state index contributed by atoms with van der Waals surface area (Å²) in [6.07, 6.45) is 5.38. The van der Waals surface area contributed by atoms with Gasteiger partial charge in [-0.1, -0.05) is 54.6 Å². The zero-order valence-electron chi connectivity index (χ0n) is 13.7. The molecule has 4 nitrogen and oxygen atoms in total. The van der Waals surface area contributed by atoms with Gasteiger partial charge in [-0.3, -0.25) is 14.5 Å². The maximum atomic E-state index is 12.7. The first-order chi connectivity index (χ1) is 12.2. The van der Waals surface area contributed by atoms with Gasteiger partial charge in [0.25, 0.3) is 11.8 Å². The molecule has 1 N–H and O–H groups in total. The van der Waals surface area contributed by atoms with Crippen LogP contribution in [0.15, 0.2) is 72.4 Å². The molecule has 1 aliphatic rings. The molecule has 0 atom stereocenters. The summed E-state index contributed by atoms with van der Waals surface area (Å²) in [5.74, 6) is -0.556. The minimum atomic E-state index is -0.280. The average molecular weight is 328 g/mol. The monoisotopic (exact) mass is 328 g/mol. The van der Waals surface area contributed by atoms with Crippen molar-refractivity contribution < 1.29 is 9.59 Å². The molecule has 25 heavy (non-hydrogen) atoms. The Hall–Kier alpha value is -3.40. The number of carbonyl (C=O) groups excluding carboxylic acids is 2. The van der Waals surface area contributed by atoms with Crippen molar-refractivity contribution >= 4 is 34.4 Å². The Morgan fingerprint density at radius 2 is 1.60 bits per heavy atom. The summed E-state index contributed by atoms with van der Waals surface area (Å²) >= 11 is 0. The van der Waals surface area contributed by atoms with Gasteiger partial charge in [-0.05, 0) is 17.7 Å². The maximum Gasteiger partial charge on any atom is 0.261 e. The lowest BCUT2D eigenvalue weighted by Crippen LogP contribution is -2.26. The van der Waals surface area contributed by atoms with Gasteiger partial charge in [0.15, 0.2) is 0 Å². The lowest BCUT2D eigenvalue weighted by Gasteiger charge is -2.05. The van der Waals surface area contributed by atoms with Crippen molar-refractivity contribution in [2.45, 2.75) is 0 Å². The number of rotatable bonds is 3. The number of hydrogen-bond donors (Lipinski definition) is 1. The third-order valence-electron chi connectivity index (χ3n) is 4.42. The highest BCUT2D eigenvalue weighted by molar-refractivity contribution is 6.38. The molecule has 0 fully saturated rings. The van der Waals surface area contributed by atoms with E-state index in [4.69, 9.17) is 0 Å². The topological polar surface area (TPSA) is 53.2 Å². The van der Waals surface area contributed by atoms with E-state index in [9.17, 15) is 9.59 Å². The fraction of sp³-hybridized carbons (Fsp3) is 0.0476. The minimum absolute atomic E-state index is 0.275. The Labute approximate surface area is 145 Å². The lowest BCUT2D eigenvalue weighted by atomic mass is 10.00. The van der Waals surface area contributed by atoms with Crippen LogP contribution in [0.1, 0.15) is 11.1 Å². The summed E-state index contributed by atoms with van der Waals surface area (Å²) in [6.45, 7) is 0. The second kappa shape index (κ2) is 5.91. The average Bonchev–Trinajstić information content (AvgIpc) is 3.16. The lowest BCUT2D eigenvalue weighted by molar-refractivity contribution is -0.135. The highest BCUT2D eigenvalue weighted by Crippen LogP contribution is 2.33. The second-order valence-electron chi connectivity index (χ2n) is 5.95. The van der Waals surface area contributed by atoms with E-state index in [1.54, 1.807) is 12.3 Å². The molecule has 0 unspecified atom stereocenters.